The van der Waals surface area contributed by atoms with Crippen LogP contribution in [0.1, 0.15) is 33.6 Å². The molecular formula is C29H30N4O5S3. The average Bonchev–Trinajstić information content (AvgIpc) is 3.57. The second kappa shape index (κ2) is 11.3. The summed E-state index contributed by atoms with van der Waals surface area (Å²) in [6, 6.07) is 14.1. The highest BCUT2D eigenvalue weighted by Crippen LogP contribution is 2.45. The van der Waals surface area contributed by atoms with E-state index >= 15 is 0 Å². The Labute approximate surface area is 246 Å². The van der Waals surface area contributed by atoms with Crippen LogP contribution in [0.5, 0.6) is 0 Å². The molecule has 0 spiro atoms. The molecule has 9 nitrogen and oxygen atoms in total. The first kappa shape index (κ1) is 28.0. The van der Waals surface area contributed by atoms with Gasteiger partial charge in [-0.05, 0) is 68.3 Å². The summed E-state index contributed by atoms with van der Waals surface area (Å²) in [5, 5.41) is 4.76. The molecule has 1 saturated heterocycles. The van der Waals surface area contributed by atoms with E-state index in [0.717, 1.165) is 45.3 Å². The van der Waals surface area contributed by atoms with Crippen LogP contribution in [0.2, 0.25) is 0 Å². The van der Waals surface area contributed by atoms with Crippen molar-refractivity contribution in [2.45, 2.75) is 30.7 Å². The van der Waals surface area contributed by atoms with Crippen molar-refractivity contribution >= 4 is 59.8 Å². The Bertz CT molecular complexity index is 1690. The number of thiophene rings is 1. The third-order valence-electron chi connectivity index (χ3n) is 7.73. The zero-order valence-electron chi connectivity index (χ0n) is 22.8. The Hall–Kier alpha value is -3.16. The van der Waals surface area contributed by atoms with Gasteiger partial charge in [-0.1, -0.05) is 12.1 Å². The molecule has 0 atom stereocenters. The Morgan fingerprint density at radius 1 is 1.02 bits per heavy atom. The highest BCUT2D eigenvalue weighted by molar-refractivity contribution is 7.89. The van der Waals surface area contributed by atoms with Crippen molar-refractivity contribution in [1.29, 1.82) is 0 Å². The van der Waals surface area contributed by atoms with Crippen LogP contribution >= 0.6 is 22.7 Å². The summed E-state index contributed by atoms with van der Waals surface area (Å²) in [7, 11) is -0.306. The van der Waals surface area contributed by atoms with Gasteiger partial charge in [0.15, 0.2) is 0 Å². The predicted molar refractivity (Wildman–Crippen MR) is 161 cm³/mol. The van der Waals surface area contributed by atoms with Gasteiger partial charge in [0.05, 0.1) is 28.1 Å². The minimum Gasteiger partial charge on any atom is -0.469 e. The molecule has 0 bridgehead atoms. The van der Waals surface area contributed by atoms with Gasteiger partial charge in [0.1, 0.15) is 10.0 Å². The first-order valence-corrected chi connectivity index (χ1v) is 16.5. The third-order valence-corrected chi connectivity index (χ3v) is 11.8. The summed E-state index contributed by atoms with van der Waals surface area (Å²) in [6.45, 7) is 2.25. The predicted octanol–water partition coefficient (Wildman–Crippen LogP) is 4.84. The smallest absolute Gasteiger partial charge is 0.308 e. The van der Waals surface area contributed by atoms with Crippen molar-refractivity contribution in [3.63, 3.8) is 0 Å². The molecule has 1 fully saturated rings. The second-order valence-electron chi connectivity index (χ2n) is 10.4. The molecule has 214 valence electrons. The lowest BCUT2D eigenvalue weighted by molar-refractivity contribution is -0.146. The first-order chi connectivity index (χ1) is 19.7. The number of nitrogens with zero attached hydrogens (tertiary/aromatic N) is 3. The molecule has 12 heteroatoms. The largest absolute Gasteiger partial charge is 0.469 e. The second-order valence-corrected chi connectivity index (χ2v) is 14.4. The monoisotopic (exact) mass is 610 g/mol. The number of hydrogen-bond acceptors (Lipinski definition) is 9. The zero-order valence-corrected chi connectivity index (χ0v) is 25.2. The van der Waals surface area contributed by atoms with Crippen molar-refractivity contribution < 1.29 is 22.7 Å². The number of esters is 1. The maximum atomic E-state index is 13.4. The molecule has 4 heterocycles. The number of ether oxygens (including phenoxy) is 1. The number of aromatic nitrogens is 1. The molecule has 6 rings (SSSR count). The molecule has 2 aromatic heterocycles. The highest BCUT2D eigenvalue weighted by atomic mass is 32.2. The number of hydrogen-bond donors (Lipinski definition) is 1. The van der Waals surface area contributed by atoms with Gasteiger partial charge in [-0.3, -0.25) is 9.59 Å². The summed E-state index contributed by atoms with van der Waals surface area (Å²) in [5.74, 6) is -0.891. The van der Waals surface area contributed by atoms with E-state index in [9.17, 15) is 18.0 Å². The summed E-state index contributed by atoms with van der Waals surface area (Å²) in [6.07, 6.45) is 1.72. The number of para-hydroxylation sites is 1. The molecule has 0 unspecified atom stereocenters. The molecule has 2 aromatic carbocycles. The van der Waals surface area contributed by atoms with Gasteiger partial charge in [-0.15, -0.1) is 22.7 Å². The zero-order chi connectivity index (χ0) is 28.7. The summed E-state index contributed by atoms with van der Waals surface area (Å²) in [4.78, 5) is 33.7. The summed E-state index contributed by atoms with van der Waals surface area (Å²) < 4.78 is 33.7. The minimum atomic E-state index is -3.74. The number of thiazole rings is 1. The van der Waals surface area contributed by atoms with E-state index < -0.39 is 10.0 Å². The number of benzene rings is 2. The van der Waals surface area contributed by atoms with Crippen molar-refractivity contribution in [3.8, 4) is 10.6 Å². The Kier molecular flexibility index (Phi) is 7.68. The van der Waals surface area contributed by atoms with Crippen molar-refractivity contribution in [2.24, 2.45) is 5.92 Å². The molecule has 1 N–H and O–H groups in total. The number of likely N-dealkylation sites (N-methyl/N-ethyl adjacent to an activating group) is 1. The average molecular weight is 611 g/mol. The molecule has 1 amide bonds. The number of methoxy groups -OCH3 is 1. The lowest BCUT2D eigenvalue weighted by atomic mass is 9.99. The SMILES string of the molecule is COC(=O)C1CCN(S(=O)(=O)c2ccc(C(=O)Nc3sc4c(c3-c3nc5ccccc5s3)CCN(C)C4)cc2)CC1. The fourth-order valence-electron chi connectivity index (χ4n) is 5.43. The summed E-state index contributed by atoms with van der Waals surface area (Å²) >= 11 is 3.20. The highest BCUT2D eigenvalue weighted by Gasteiger charge is 2.33. The van der Waals surface area contributed by atoms with E-state index in [1.54, 1.807) is 34.8 Å². The number of anilines is 1. The van der Waals surface area contributed by atoms with Crippen LogP contribution in [-0.2, 0) is 32.5 Å². The van der Waals surface area contributed by atoms with E-state index in [2.05, 4.69) is 23.3 Å². The third kappa shape index (κ3) is 5.42. The van der Waals surface area contributed by atoms with E-state index in [0.29, 0.717) is 18.4 Å². The fraction of sp³-hybridized carbons (Fsp3) is 0.345. The Morgan fingerprint density at radius 2 is 1.76 bits per heavy atom. The van der Waals surface area contributed by atoms with Crippen LogP contribution in [0.3, 0.4) is 0 Å². The van der Waals surface area contributed by atoms with Crippen LogP contribution in [0.25, 0.3) is 20.8 Å². The van der Waals surface area contributed by atoms with E-state index in [4.69, 9.17) is 9.72 Å². The number of nitrogens with one attached hydrogen (secondary N) is 1. The molecule has 2 aliphatic rings. The number of rotatable bonds is 6. The first-order valence-electron chi connectivity index (χ1n) is 13.4. The van der Waals surface area contributed by atoms with E-state index in [-0.39, 0.29) is 35.8 Å². The Morgan fingerprint density at radius 3 is 2.46 bits per heavy atom. The molecule has 0 radical (unpaired) electrons. The molecular weight excluding hydrogens is 581 g/mol. The van der Waals surface area contributed by atoms with Gasteiger partial charge >= 0.3 is 5.97 Å². The van der Waals surface area contributed by atoms with Gasteiger partial charge in [0.2, 0.25) is 10.0 Å². The van der Waals surface area contributed by atoms with Crippen LogP contribution in [0.15, 0.2) is 53.4 Å². The lowest BCUT2D eigenvalue weighted by Gasteiger charge is -2.29. The molecule has 0 aliphatic carbocycles. The van der Waals surface area contributed by atoms with E-state index in [1.807, 2.05) is 18.2 Å². The minimum absolute atomic E-state index is 0.121. The van der Waals surface area contributed by atoms with E-state index in [1.165, 1.54) is 34.0 Å². The van der Waals surface area contributed by atoms with Gasteiger partial charge in [0, 0.05) is 42.2 Å². The number of piperidine rings is 1. The van der Waals surface area contributed by atoms with Gasteiger partial charge in [-0.2, -0.15) is 4.31 Å². The number of carbonyl (C=O) groups is 2. The molecule has 0 saturated carbocycles. The fourth-order valence-corrected chi connectivity index (χ4v) is 9.33. The van der Waals surface area contributed by atoms with Crippen LogP contribution in [-0.4, -0.2) is 68.3 Å². The standard InChI is InChI=1S/C29H30N4O5S3/c1-32-14-13-21-24(17-32)40-28(25(21)27-30-22-5-3-4-6-23(22)39-27)31-26(34)18-7-9-20(10-8-18)41(36,37)33-15-11-19(12-16-33)29(35)38-2/h3-10,19H,11-17H2,1-2H3,(H,31,34). The number of fused-ring (bicyclic) bond motifs is 2. The topological polar surface area (TPSA) is 109 Å². The Balaban J connectivity index is 1.23. The van der Waals surface area contributed by atoms with Crippen molar-refractivity contribution in [3.05, 3.63) is 64.5 Å². The van der Waals surface area contributed by atoms with Crippen LogP contribution in [0.4, 0.5) is 5.00 Å². The van der Waals surface area contributed by atoms with Gasteiger partial charge < -0.3 is 15.0 Å². The lowest BCUT2D eigenvalue weighted by Crippen LogP contribution is -2.40. The molecule has 2 aliphatic heterocycles. The summed E-state index contributed by atoms with van der Waals surface area (Å²) in [5.41, 5.74) is 3.53. The molecule has 4 aromatic rings. The maximum Gasteiger partial charge on any atom is 0.308 e. The van der Waals surface area contributed by atoms with Gasteiger partial charge in [-0.25, -0.2) is 13.4 Å². The van der Waals surface area contributed by atoms with Crippen LogP contribution in [0, 0.1) is 5.92 Å². The number of amides is 1. The van der Waals surface area contributed by atoms with Crippen molar-refractivity contribution in [1.82, 2.24) is 14.2 Å². The van der Waals surface area contributed by atoms with Crippen LogP contribution < -0.4 is 5.32 Å². The van der Waals surface area contributed by atoms with Crippen molar-refractivity contribution in [2.75, 3.05) is 39.1 Å². The maximum absolute atomic E-state index is 13.4. The molecule has 41 heavy (non-hydrogen) atoms. The number of sulfonamides is 1. The quantitative estimate of drug-likeness (QED) is 0.311. The van der Waals surface area contributed by atoms with Gasteiger partial charge in [0.25, 0.3) is 5.91 Å². The normalized spacial score (nSPS) is 16.9. The number of carbonyl (C=O) groups excluding carboxylic acids is 2.